The van der Waals surface area contributed by atoms with Gasteiger partial charge in [-0.15, -0.1) is 12.3 Å². The average Bonchev–Trinajstić information content (AvgIpc) is 2.80. The largest absolute Gasteiger partial charge is 0.472 e. The monoisotopic (exact) mass is 283 g/mol. The SMILES string of the molecule is C#CCCc1nn(C)c(OCc2ccccc2)c1/C=N/O. The number of hydrogen-bond acceptors (Lipinski definition) is 4. The van der Waals surface area contributed by atoms with Crippen LogP contribution in [0.3, 0.4) is 0 Å². The van der Waals surface area contributed by atoms with E-state index in [1.807, 2.05) is 30.3 Å². The number of rotatable bonds is 6. The lowest BCUT2D eigenvalue weighted by atomic mass is 10.1. The third kappa shape index (κ3) is 3.63. The number of oxime groups is 1. The Morgan fingerprint density at radius 3 is 2.86 bits per heavy atom. The first-order chi connectivity index (χ1) is 10.3. The summed E-state index contributed by atoms with van der Waals surface area (Å²) in [6, 6.07) is 9.83. The van der Waals surface area contributed by atoms with Crippen molar-refractivity contribution < 1.29 is 9.94 Å². The van der Waals surface area contributed by atoms with Gasteiger partial charge in [-0.25, -0.2) is 4.68 Å². The van der Waals surface area contributed by atoms with Gasteiger partial charge >= 0.3 is 0 Å². The van der Waals surface area contributed by atoms with Crippen LogP contribution in [0.15, 0.2) is 35.5 Å². The van der Waals surface area contributed by atoms with E-state index in [9.17, 15) is 0 Å². The van der Waals surface area contributed by atoms with E-state index in [4.69, 9.17) is 16.4 Å². The van der Waals surface area contributed by atoms with E-state index in [-0.39, 0.29) is 0 Å². The summed E-state index contributed by atoms with van der Waals surface area (Å²) in [7, 11) is 1.79. The van der Waals surface area contributed by atoms with Gasteiger partial charge in [-0.2, -0.15) is 5.10 Å². The van der Waals surface area contributed by atoms with Gasteiger partial charge in [0, 0.05) is 19.9 Å². The Kier molecular flexibility index (Phi) is 4.99. The van der Waals surface area contributed by atoms with Crippen molar-refractivity contribution >= 4 is 6.21 Å². The molecular weight excluding hydrogens is 266 g/mol. The zero-order valence-electron chi connectivity index (χ0n) is 11.9. The molecule has 108 valence electrons. The van der Waals surface area contributed by atoms with Crippen molar-refractivity contribution in [1.82, 2.24) is 9.78 Å². The molecule has 0 radical (unpaired) electrons. The Hall–Kier alpha value is -2.74. The predicted molar refractivity (Wildman–Crippen MR) is 80.5 cm³/mol. The zero-order chi connectivity index (χ0) is 15.1. The van der Waals surface area contributed by atoms with Crippen LogP contribution in [0.2, 0.25) is 0 Å². The number of ether oxygens (including phenoxy) is 1. The van der Waals surface area contributed by atoms with E-state index in [1.165, 1.54) is 6.21 Å². The first-order valence-corrected chi connectivity index (χ1v) is 6.59. The molecule has 0 bridgehead atoms. The van der Waals surface area contributed by atoms with E-state index in [1.54, 1.807) is 11.7 Å². The summed E-state index contributed by atoms with van der Waals surface area (Å²) < 4.78 is 7.44. The molecule has 0 spiro atoms. The fraction of sp³-hybridized carbons (Fsp3) is 0.250. The highest BCUT2D eigenvalue weighted by Crippen LogP contribution is 2.22. The molecule has 1 heterocycles. The summed E-state index contributed by atoms with van der Waals surface area (Å²) in [5.74, 6) is 3.13. The maximum Gasteiger partial charge on any atom is 0.221 e. The van der Waals surface area contributed by atoms with Crippen molar-refractivity contribution in [2.45, 2.75) is 19.4 Å². The predicted octanol–water partition coefficient (Wildman–Crippen LogP) is 2.37. The molecule has 2 rings (SSSR count). The third-order valence-corrected chi connectivity index (χ3v) is 3.02. The standard InChI is InChI=1S/C16H17N3O2/c1-3-4-10-15-14(11-17-20)16(19(2)18-15)21-12-13-8-6-5-7-9-13/h1,5-9,11,20H,4,10,12H2,2H3/b17-11+. The second-order valence-electron chi connectivity index (χ2n) is 4.51. The maximum absolute atomic E-state index is 8.83. The van der Waals surface area contributed by atoms with Crippen LogP contribution >= 0.6 is 0 Å². The van der Waals surface area contributed by atoms with Crippen LogP contribution in [0, 0.1) is 12.3 Å². The second-order valence-corrected chi connectivity index (χ2v) is 4.51. The number of hydrogen-bond donors (Lipinski definition) is 1. The molecule has 5 heteroatoms. The zero-order valence-corrected chi connectivity index (χ0v) is 11.9. The average molecular weight is 283 g/mol. The lowest BCUT2D eigenvalue weighted by Crippen LogP contribution is -2.02. The summed E-state index contributed by atoms with van der Waals surface area (Å²) in [6.45, 7) is 0.418. The summed E-state index contributed by atoms with van der Waals surface area (Å²) >= 11 is 0. The van der Waals surface area contributed by atoms with Gasteiger partial charge in [-0.1, -0.05) is 35.5 Å². The summed E-state index contributed by atoms with van der Waals surface area (Å²) in [4.78, 5) is 0. The van der Waals surface area contributed by atoms with Crippen molar-refractivity contribution in [1.29, 1.82) is 0 Å². The first-order valence-electron chi connectivity index (χ1n) is 6.59. The molecule has 2 aromatic rings. The Morgan fingerprint density at radius 1 is 1.43 bits per heavy atom. The molecule has 0 amide bonds. The van der Waals surface area contributed by atoms with Crippen LogP contribution in [-0.2, 0) is 20.1 Å². The van der Waals surface area contributed by atoms with Crippen LogP contribution in [0.4, 0.5) is 0 Å². The number of benzene rings is 1. The molecule has 0 saturated carbocycles. The molecule has 1 aromatic carbocycles. The molecule has 0 aliphatic carbocycles. The number of aromatic nitrogens is 2. The van der Waals surface area contributed by atoms with Gasteiger partial charge in [-0.05, 0) is 5.56 Å². The lowest BCUT2D eigenvalue weighted by molar-refractivity contribution is 0.278. The smallest absolute Gasteiger partial charge is 0.221 e. The fourth-order valence-corrected chi connectivity index (χ4v) is 2.04. The van der Waals surface area contributed by atoms with E-state index in [0.29, 0.717) is 30.9 Å². The summed E-state index contributed by atoms with van der Waals surface area (Å²) in [6.07, 6.45) is 7.80. The Labute approximate surface area is 123 Å². The minimum absolute atomic E-state index is 0.418. The molecule has 1 aromatic heterocycles. The maximum atomic E-state index is 8.83. The summed E-state index contributed by atoms with van der Waals surface area (Å²) in [5.41, 5.74) is 2.47. The lowest BCUT2D eigenvalue weighted by Gasteiger charge is -2.07. The molecule has 0 aliphatic rings. The van der Waals surface area contributed by atoms with Gasteiger partial charge in [0.25, 0.3) is 0 Å². The van der Waals surface area contributed by atoms with Crippen molar-refractivity contribution in [3.05, 3.63) is 47.2 Å². The van der Waals surface area contributed by atoms with Gasteiger partial charge in [0.2, 0.25) is 5.88 Å². The minimum Gasteiger partial charge on any atom is -0.472 e. The normalized spacial score (nSPS) is 10.7. The van der Waals surface area contributed by atoms with Crippen LogP contribution in [0.5, 0.6) is 5.88 Å². The summed E-state index contributed by atoms with van der Waals surface area (Å²) in [5, 5.41) is 16.3. The van der Waals surface area contributed by atoms with Gasteiger partial charge < -0.3 is 9.94 Å². The van der Waals surface area contributed by atoms with Gasteiger partial charge in [0.15, 0.2) is 0 Å². The van der Waals surface area contributed by atoms with Crippen molar-refractivity contribution in [3.63, 3.8) is 0 Å². The van der Waals surface area contributed by atoms with E-state index >= 15 is 0 Å². The molecule has 0 unspecified atom stereocenters. The van der Waals surface area contributed by atoms with E-state index in [2.05, 4.69) is 16.2 Å². The highest BCUT2D eigenvalue weighted by molar-refractivity contribution is 5.84. The Balaban J connectivity index is 2.21. The molecular formula is C16H17N3O2. The molecule has 0 saturated heterocycles. The third-order valence-electron chi connectivity index (χ3n) is 3.02. The Morgan fingerprint density at radius 2 is 2.19 bits per heavy atom. The number of terminal acetylenes is 1. The van der Waals surface area contributed by atoms with Crippen molar-refractivity contribution in [2.75, 3.05) is 0 Å². The first kappa shape index (κ1) is 14.7. The molecule has 0 atom stereocenters. The molecule has 0 fully saturated rings. The fourth-order valence-electron chi connectivity index (χ4n) is 2.04. The van der Waals surface area contributed by atoms with E-state index in [0.717, 1.165) is 11.3 Å². The minimum atomic E-state index is 0.418. The van der Waals surface area contributed by atoms with Gasteiger partial charge in [0.05, 0.1) is 17.5 Å². The number of nitrogens with zero attached hydrogens (tertiary/aromatic N) is 3. The van der Waals surface area contributed by atoms with E-state index < -0.39 is 0 Å². The van der Waals surface area contributed by atoms with Gasteiger partial charge in [-0.3, -0.25) is 0 Å². The van der Waals surface area contributed by atoms with Crippen molar-refractivity contribution in [3.8, 4) is 18.2 Å². The highest BCUT2D eigenvalue weighted by Gasteiger charge is 2.16. The molecule has 5 nitrogen and oxygen atoms in total. The molecule has 1 N–H and O–H groups in total. The Bertz CT molecular complexity index is 654. The molecule has 0 aliphatic heterocycles. The van der Waals surface area contributed by atoms with Crippen molar-refractivity contribution in [2.24, 2.45) is 12.2 Å². The van der Waals surface area contributed by atoms with Crippen LogP contribution in [0.1, 0.15) is 23.2 Å². The number of aryl methyl sites for hydroxylation is 2. The van der Waals surface area contributed by atoms with Crippen LogP contribution < -0.4 is 4.74 Å². The van der Waals surface area contributed by atoms with Crippen LogP contribution in [-0.4, -0.2) is 21.2 Å². The highest BCUT2D eigenvalue weighted by atomic mass is 16.5. The second kappa shape index (κ2) is 7.15. The van der Waals surface area contributed by atoms with Gasteiger partial charge in [0.1, 0.15) is 6.61 Å². The van der Waals surface area contributed by atoms with Crippen LogP contribution in [0.25, 0.3) is 0 Å². The molecule has 21 heavy (non-hydrogen) atoms. The quantitative estimate of drug-likeness (QED) is 0.383. The topological polar surface area (TPSA) is 59.6 Å².